The molecule has 0 bridgehead atoms. The minimum absolute atomic E-state index is 1.18. The molecule has 0 aromatic carbocycles. The van der Waals surface area contributed by atoms with Crippen LogP contribution in [0.2, 0.25) is 0 Å². The summed E-state index contributed by atoms with van der Waals surface area (Å²) in [5.74, 6) is 1.42. The third-order valence-corrected chi connectivity index (χ3v) is 3.48. The number of nitrogens with zero attached hydrogens (tertiary/aromatic N) is 1. The molecule has 0 fully saturated rings. The van der Waals surface area contributed by atoms with Gasteiger partial charge in [0.25, 0.3) is 0 Å². The number of hydrogen-bond acceptors (Lipinski definition) is 1. The molecule has 1 aliphatic carbocycles. The van der Waals surface area contributed by atoms with Crippen molar-refractivity contribution in [3.63, 3.8) is 0 Å². The van der Waals surface area contributed by atoms with Crippen LogP contribution in [-0.4, -0.2) is 18.1 Å². The number of rotatable bonds is 5. The number of anilines is 1. The zero-order valence-corrected chi connectivity index (χ0v) is 10.7. The minimum atomic E-state index is 1.18. The van der Waals surface area contributed by atoms with Gasteiger partial charge in [-0.25, -0.2) is 0 Å². The van der Waals surface area contributed by atoms with E-state index >= 15 is 0 Å². The number of hydrogen-bond donors (Lipinski definition) is 1. The molecule has 0 amide bonds. The standard InChI is InChI=1S/C14H24N2/c1-3-9-16(10-4-2)14-13-8-6-5-7-12(13)11-15-14/h11,15H,3-10H2,1-2H3. The number of aryl methyl sites for hydroxylation is 1. The Labute approximate surface area is 99.0 Å². The van der Waals surface area contributed by atoms with Gasteiger partial charge in [-0.15, -0.1) is 0 Å². The molecule has 0 saturated heterocycles. The predicted octanol–water partition coefficient (Wildman–Crippen LogP) is 3.52. The first-order chi connectivity index (χ1) is 7.86. The monoisotopic (exact) mass is 220 g/mol. The van der Waals surface area contributed by atoms with Gasteiger partial charge in [-0.3, -0.25) is 0 Å². The largest absolute Gasteiger partial charge is 0.358 e. The van der Waals surface area contributed by atoms with E-state index in [0.29, 0.717) is 0 Å². The lowest BCUT2D eigenvalue weighted by molar-refractivity contribution is 0.679. The highest BCUT2D eigenvalue weighted by molar-refractivity contribution is 5.53. The molecule has 2 heteroatoms. The van der Waals surface area contributed by atoms with Crippen LogP contribution in [0.3, 0.4) is 0 Å². The number of aromatic amines is 1. The van der Waals surface area contributed by atoms with Crippen LogP contribution in [0.15, 0.2) is 6.20 Å². The highest BCUT2D eigenvalue weighted by atomic mass is 15.2. The second kappa shape index (κ2) is 5.42. The molecule has 0 saturated carbocycles. The maximum atomic E-state index is 3.51. The molecule has 1 aromatic rings. The molecule has 2 rings (SSSR count). The molecule has 16 heavy (non-hydrogen) atoms. The number of aromatic nitrogens is 1. The van der Waals surface area contributed by atoms with Crippen LogP contribution in [-0.2, 0) is 12.8 Å². The summed E-state index contributed by atoms with van der Waals surface area (Å²) in [5.41, 5.74) is 3.17. The van der Waals surface area contributed by atoms with Gasteiger partial charge >= 0.3 is 0 Å². The van der Waals surface area contributed by atoms with Gasteiger partial charge in [0.05, 0.1) is 0 Å². The van der Waals surface area contributed by atoms with E-state index in [1.807, 2.05) is 0 Å². The maximum Gasteiger partial charge on any atom is 0.109 e. The van der Waals surface area contributed by atoms with E-state index in [2.05, 4.69) is 29.9 Å². The highest BCUT2D eigenvalue weighted by Crippen LogP contribution is 2.30. The van der Waals surface area contributed by atoms with E-state index < -0.39 is 0 Å². The van der Waals surface area contributed by atoms with Crippen LogP contribution in [0.4, 0.5) is 5.82 Å². The Morgan fingerprint density at radius 2 is 1.81 bits per heavy atom. The van der Waals surface area contributed by atoms with Gasteiger partial charge in [0.15, 0.2) is 0 Å². The molecular weight excluding hydrogens is 196 g/mol. The van der Waals surface area contributed by atoms with E-state index in [9.17, 15) is 0 Å². The Hall–Kier alpha value is -0.920. The normalized spacial score (nSPS) is 14.9. The second-order valence-corrected chi connectivity index (χ2v) is 4.84. The van der Waals surface area contributed by atoms with Crippen LogP contribution in [0.1, 0.15) is 50.7 Å². The topological polar surface area (TPSA) is 19.0 Å². The van der Waals surface area contributed by atoms with E-state index in [1.54, 1.807) is 11.1 Å². The van der Waals surface area contributed by atoms with Crippen molar-refractivity contribution < 1.29 is 0 Å². The third kappa shape index (κ3) is 2.26. The number of H-pyrrole nitrogens is 1. The average Bonchev–Trinajstić information content (AvgIpc) is 2.72. The predicted molar refractivity (Wildman–Crippen MR) is 70.2 cm³/mol. The van der Waals surface area contributed by atoms with Gasteiger partial charge in [-0.1, -0.05) is 13.8 Å². The van der Waals surface area contributed by atoms with Crippen molar-refractivity contribution in [3.05, 3.63) is 17.3 Å². The Bertz CT molecular complexity index is 321. The molecule has 2 nitrogen and oxygen atoms in total. The van der Waals surface area contributed by atoms with Gasteiger partial charge in [0, 0.05) is 19.3 Å². The molecule has 1 N–H and O–H groups in total. The lowest BCUT2D eigenvalue weighted by Gasteiger charge is -2.25. The Kier molecular flexibility index (Phi) is 3.92. The Balaban J connectivity index is 2.19. The van der Waals surface area contributed by atoms with Crippen molar-refractivity contribution in [1.29, 1.82) is 0 Å². The van der Waals surface area contributed by atoms with Gasteiger partial charge in [0.2, 0.25) is 0 Å². The van der Waals surface area contributed by atoms with Crippen molar-refractivity contribution >= 4 is 5.82 Å². The summed E-state index contributed by atoms with van der Waals surface area (Å²) in [6.07, 6.45) is 9.98. The molecule has 0 unspecified atom stereocenters. The maximum absolute atomic E-state index is 3.51. The molecule has 90 valence electrons. The zero-order valence-electron chi connectivity index (χ0n) is 10.7. The average molecular weight is 220 g/mol. The molecule has 1 aromatic heterocycles. The first-order valence-electron chi connectivity index (χ1n) is 6.80. The number of fused-ring (bicyclic) bond motifs is 1. The fourth-order valence-electron chi connectivity index (χ4n) is 2.76. The van der Waals surface area contributed by atoms with Gasteiger partial charge in [-0.2, -0.15) is 0 Å². The van der Waals surface area contributed by atoms with Gasteiger partial charge < -0.3 is 9.88 Å². The summed E-state index contributed by atoms with van der Waals surface area (Å²) in [6.45, 7) is 6.89. The molecule has 0 spiro atoms. The summed E-state index contributed by atoms with van der Waals surface area (Å²) in [7, 11) is 0. The lowest BCUT2D eigenvalue weighted by Crippen LogP contribution is -2.26. The zero-order chi connectivity index (χ0) is 11.4. The molecule has 1 heterocycles. The summed E-state index contributed by atoms with van der Waals surface area (Å²) in [4.78, 5) is 6.04. The van der Waals surface area contributed by atoms with E-state index in [0.717, 1.165) is 0 Å². The Morgan fingerprint density at radius 3 is 2.50 bits per heavy atom. The van der Waals surface area contributed by atoms with Crippen LogP contribution in [0.5, 0.6) is 0 Å². The second-order valence-electron chi connectivity index (χ2n) is 4.84. The first-order valence-corrected chi connectivity index (χ1v) is 6.80. The summed E-state index contributed by atoms with van der Waals surface area (Å²) in [5, 5.41) is 0. The highest BCUT2D eigenvalue weighted by Gasteiger charge is 2.18. The molecule has 1 aliphatic rings. The van der Waals surface area contributed by atoms with Crippen molar-refractivity contribution in [2.75, 3.05) is 18.0 Å². The molecule has 0 radical (unpaired) electrons. The summed E-state index contributed by atoms with van der Waals surface area (Å²) >= 11 is 0. The molecular formula is C14H24N2. The first kappa shape index (κ1) is 11.6. The quantitative estimate of drug-likeness (QED) is 0.804. The lowest BCUT2D eigenvalue weighted by atomic mass is 9.95. The number of nitrogens with one attached hydrogen (secondary N) is 1. The van der Waals surface area contributed by atoms with Crippen molar-refractivity contribution in [2.24, 2.45) is 0 Å². The summed E-state index contributed by atoms with van der Waals surface area (Å²) < 4.78 is 0. The Morgan fingerprint density at radius 1 is 1.12 bits per heavy atom. The van der Waals surface area contributed by atoms with Crippen molar-refractivity contribution in [1.82, 2.24) is 4.98 Å². The van der Waals surface area contributed by atoms with E-state index in [-0.39, 0.29) is 0 Å². The van der Waals surface area contributed by atoms with Crippen LogP contribution in [0.25, 0.3) is 0 Å². The van der Waals surface area contributed by atoms with Crippen LogP contribution < -0.4 is 4.90 Å². The third-order valence-electron chi connectivity index (χ3n) is 3.48. The van der Waals surface area contributed by atoms with Gasteiger partial charge in [-0.05, 0) is 49.7 Å². The smallest absolute Gasteiger partial charge is 0.109 e. The van der Waals surface area contributed by atoms with Crippen LogP contribution >= 0.6 is 0 Å². The molecule has 0 aliphatic heterocycles. The molecule has 0 atom stereocenters. The van der Waals surface area contributed by atoms with Crippen LogP contribution in [0, 0.1) is 0 Å². The fourth-order valence-corrected chi connectivity index (χ4v) is 2.76. The minimum Gasteiger partial charge on any atom is -0.358 e. The fraction of sp³-hybridized carbons (Fsp3) is 0.714. The van der Waals surface area contributed by atoms with Crippen molar-refractivity contribution in [3.8, 4) is 0 Å². The van der Waals surface area contributed by atoms with E-state index in [4.69, 9.17) is 0 Å². The van der Waals surface area contributed by atoms with E-state index in [1.165, 1.54) is 57.4 Å². The SMILES string of the molecule is CCCN(CCC)c1[nH]cc2c1CCCC2. The van der Waals surface area contributed by atoms with Gasteiger partial charge in [0.1, 0.15) is 5.82 Å². The van der Waals surface area contributed by atoms with Crippen molar-refractivity contribution in [2.45, 2.75) is 52.4 Å². The summed E-state index contributed by atoms with van der Waals surface area (Å²) in [6, 6.07) is 0.